The van der Waals surface area contributed by atoms with Crippen LogP contribution in [0.5, 0.6) is 0 Å². The van der Waals surface area contributed by atoms with Crippen molar-refractivity contribution in [1.29, 1.82) is 0 Å². The van der Waals surface area contributed by atoms with Crippen molar-refractivity contribution in [2.75, 3.05) is 0 Å². The molecule has 1 aliphatic rings. The second-order valence-corrected chi connectivity index (χ2v) is 10.3. The number of nitrogens with one attached hydrogen (secondary N) is 1. The number of alkyl halides is 3. The molecule has 1 aromatic carbocycles. The Kier molecular flexibility index (Phi) is 8.53. The van der Waals surface area contributed by atoms with Crippen LogP contribution in [0, 0.1) is 5.82 Å². The minimum absolute atomic E-state index is 0.104. The molecular weight excluding hydrogens is 548 g/mol. The first-order valence-corrected chi connectivity index (χ1v) is 12.0. The number of hydrogen-bond donors (Lipinski definition) is 2. The Bertz CT molecular complexity index is 1310. The fraction of sp³-hybridized carbons (Fsp3) is 0.400. The SMILES string of the molecule is CC(C)(C)OC(=O)CC[C@@H](C(N)=O)N1Cc2cc(C(=O)N[C@H](c3ncc(Cl)cc3F)C(F)(F)F)ccc2C1=O. The van der Waals surface area contributed by atoms with E-state index in [1.54, 1.807) is 26.1 Å². The van der Waals surface area contributed by atoms with Gasteiger partial charge in [0.25, 0.3) is 11.8 Å². The first kappa shape index (κ1) is 29.8. The number of primary amides is 1. The number of hydrogen-bond acceptors (Lipinski definition) is 6. The summed E-state index contributed by atoms with van der Waals surface area (Å²) in [6.07, 6.45) is -4.60. The molecule has 2 heterocycles. The van der Waals surface area contributed by atoms with E-state index in [4.69, 9.17) is 22.1 Å². The van der Waals surface area contributed by atoms with Crippen LogP contribution in [0.2, 0.25) is 5.02 Å². The Morgan fingerprint density at radius 1 is 1.21 bits per heavy atom. The van der Waals surface area contributed by atoms with Gasteiger partial charge in [0.1, 0.15) is 23.2 Å². The van der Waals surface area contributed by atoms with E-state index in [9.17, 15) is 36.7 Å². The lowest BCUT2D eigenvalue weighted by molar-refractivity contribution is -0.157. The van der Waals surface area contributed by atoms with E-state index in [1.165, 1.54) is 12.1 Å². The molecule has 3 rings (SSSR count). The maximum absolute atomic E-state index is 14.2. The average molecular weight is 573 g/mol. The highest BCUT2D eigenvalue weighted by molar-refractivity contribution is 6.30. The highest BCUT2D eigenvalue weighted by Crippen LogP contribution is 2.34. The van der Waals surface area contributed by atoms with Crippen LogP contribution in [0.4, 0.5) is 17.6 Å². The van der Waals surface area contributed by atoms with Gasteiger partial charge in [-0.05, 0) is 57.0 Å². The van der Waals surface area contributed by atoms with E-state index in [-0.39, 0.29) is 41.1 Å². The van der Waals surface area contributed by atoms with Gasteiger partial charge in [-0.3, -0.25) is 24.2 Å². The van der Waals surface area contributed by atoms with E-state index < -0.39 is 59.1 Å². The smallest absolute Gasteiger partial charge is 0.414 e. The zero-order valence-corrected chi connectivity index (χ0v) is 21.8. The standard InChI is InChI=1S/C25H25ClF4N4O5/c1-24(2,3)39-18(35)7-6-17(21(31)36)34-11-13-8-12(4-5-15(13)23(34)38)22(37)33-20(25(28,29)30)19-16(27)9-14(26)10-32-19/h4-5,8-10,17,20H,6-7,11H2,1-3H3,(H2,31,36)(H,33,37)/t17-,20+/m0/s1. The summed E-state index contributed by atoms with van der Waals surface area (Å²) < 4.78 is 60.4. The maximum atomic E-state index is 14.2. The fourth-order valence-corrected chi connectivity index (χ4v) is 4.14. The number of aromatic nitrogens is 1. The minimum atomic E-state index is -5.09. The molecular formula is C25H25ClF4N4O5. The van der Waals surface area contributed by atoms with Gasteiger partial charge in [-0.25, -0.2) is 4.39 Å². The number of ether oxygens (including phenoxy) is 1. The molecule has 2 aromatic rings. The normalized spacial score (nSPS) is 15.0. The van der Waals surface area contributed by atoms with E-state index in [2.05, 4.69) is 4.98 Å². The third-order valence-electron chi connectivity index (χ3n) is 5.66. The van der Waals surface area contributed by atoms with Crippen molar-refractivity contribution < 1.29 is 41.5 Å². The lowest BCUT2D eigenvalue weighted by Gasteiger charge is -2.25. The molecule has 0 saturated heterocycles. The molecule has 14 heteroatoms. The number of carbonyl (C=O) groups is 4. The van der Waals surface area contributed by atoms with Crippen molar-refractivity contribution in [3.05, 3.63) is 63.7 Å². The van der Waals surface area contributed by atoms with Gasteiger partial charge in [0.15, 0.2) is 6.04 Å². The topological polar surface area (TPSA) is 132 Å². The maximum Gasteiger partial charge on any atom is 0.414 e. The van der Waals surface area contributed by atoms with Gasteiger partial charge in [-0.2, -0.15) is 13.2 Å². The highest BCUT2D eigenvalue weighted by Gasteiger charge is 2.45. The summed E-state index contributed by atoms with van der Waals surface area (Å²) in [7, 11) is 0. The van der Waals surface area contributed by atoms with Crippen LogP contribution in [-0.2, 0) is 20.9 Å². The van der Waals surface area contributed by atoms with Crippen LogP contribution >= 0.6 is 11.6 Å². The van der Waals surface area contributed by atoms with Crippen molar-refractivity contribution in [2.45, 2.75) is 64.0 Å². The van der Waals surface area contributed by atoms with Crippen molar-refractivity contribution >= 4 is 35.3 Å². The molecule has 0 aliphatic carbocycles. The monoisotopic (exact) mass is 572 g/mol. The first-order valence-electron chi connectivity index (χ1n) is 11.6. The second-order valence-electron chi connectivity index (χ2n) is 9.82. The zero-order chi connectivity index (χ0) is 29.3. The lowest BCUT2D eigenvalue weighted by Crippen LogP contribution is -2.45. The Hall–Kier alpha value is -3.74. The van der Waals surface area contributed by atoms with Crippen molar-refractivity contribution in [3.8, 4) is 0 Å². The predicted molar refractivity (Wildman–Crippen MR) is 130 cm³/mol. The van der Waals surface area contributed by atoms with Gasteiger partial charge >= 0.3 is 12.1 Å². The van der Waals surface area contributed by atoms with Crippen molar-refractivity contribution in [1.82, 2.24) is 15.2 Å². The quantitative estimate of drug-likeness (QED) is 0.365. The lowest BCUT2D eigenvalue weighted by atomic mass is 10.0. The summed E-state index contributed by atoms with van der Waals surface area (Å²) in [5.41, 5.74) is 3.75. The Labute approximate surface area is 225 Å². The predicted octanol–water partition coefficient (Wildman–Crippen LogP) is 3.84. The van der Waals surface area contributed by atoms with Crippen LogP contribution in [0.3, 0.4) is 0 Å². The van der Waals surface area contributed by atoms with Gasteiger partial charge in [0, 0.05) is 30.3 Å². The van der Waals surface area contributed by atoms with Crippen LogP contribution in [0.1, 0.15) is 71.6 Å². The van der Waals surface area contributed by atoms with Crippen LogP contribution < -0.4 is 11.1 Å². The number of pyridine rings is 1. The summed E-state index contributed by atoms with van der Waals surface area (Å²) >= 11 is 5.56. The fourth-order valence-electron chi connectivity index (χ4n) is 3.99. The molecule has 0 fully saturated rings. The van der Waals surface area contributed by atoms with Crippen LogP contribution in [0.25, 0.3) is 0 Å². The zero-order valence-electron chi connectivity index (χ0n) is 21.1. The number of fused-ring (bicyclic) bond motifs is 1. The molecule has 1 aliphatic heterocycles. The molecule has 0 radical (unpaired) electrons. The van der Waals surface area contributed by atoms with Gasteiger partial charge in [0.05, 0.1) is 5.02 Å². The molecule has 39 heavy (non-hydrogen) atoms. The van der Waals surface area contributed by atoms with Crippen LogP contribution in [0.15, 0.2) is 30.5 Å². The van der Waals surface area contributed by atoms with E-state index in [0.717, 1.165) is 17.2 Å². The molecule has 0 unspecified atom stereocenters. The summed E-state index contributed by atoms with van der Waals surface area (Å²) in [6.45, 7) is 4.83. The number of nitrogens with zero attached hydrogens (tertiary/aromatic N) is 2. The number of benzene rings is 1. The Balaban J connectivity index is 1.79. The average Bonchev–Trinajstić information content (AvgIpc) is 3.11. The summed E-state index contributed by atoms with van der Waals surface area (Å²) in [6, 6.07) is 0.219. The molecule has 0 saturated carbocycles. The number of esters is 1. The number of rotatable bonds is 8. The van der Waals surface area contributed by atoms with Crippen LogP contribution in [-0.4, -0.2) is 51.4 Å². The summed E-state index contributed by atoms with van der Waals surface area (Å²) in [5.74, 6) is -4.64. The summed E-state index contributed by atoms with van der Waals surface area (Å²) in [4.78, 5) is 54.4. The number of carbonyl (C=O) groups excluding carboxylic acids is 4. The minimum Gasteiger partial charge on any atom is -0.460 e. The highest BCUT2D eigenvalue weighted by atomic mass is 35.5. The third-order valence-corrected chi connectivity index (χ3v) is 5.87. The summed E-state index contributed by atoms with van der Waals surface area (Å²) in [5, 5.41) is 1.50. The van der Waals surface area contributed by atoms with E-state index >= 15 is 0 Å². The molecule has 3 amide bonds. The largest absolute Gasteiger partial charge is 0.460 e. The Morgan fingerprint density at radius 2 is 1.87 bits per heavy atom. The van der Waals surface area contributed by atoms with E-state index in [1.807, 2.05) is 0 Å². The molecule has 9 nitrogen and oxygen atoms in total. The molecule has 2 atom stereocenters. The third kappa shape index (κ3) is 7.22. The van der Waals surface area contributed by atoms with Gasteiger partial charge in [-0.15, -0.1) is 0 Å². The van der Waals surface area contributed by atoms with Gasteiger partial charge in [0.2, 0.25) is 5.91 Å². The molecule has 0 spiro atoms. The van der Waals surface area contributed by atoms with Gasteiger partial charge < -0.3 is 20.7 Å². The number of amides is 3. The number of halogens is 5. The van der Waals surface area contributed by atoms with Gasteiger partial charge in [-0.1, -0.05) is 11.6 Å². The molecule has 1 aromatic heterocycles. The van der Waals surface area contributed by atoms with E-state index in [0.29, 0.717) is 6.07 Å². The second kappa shape index (κ2) is 11.2. The Morgan fingerprint density at radius 3 is 2.44 bits per heavy atom. The first-order chi connectivity index (χ1) is 18.0. The molecule has 0 bridgehead atoms. The van der Waals surface area contributed by atoms with Crippen molar-refractivity contribution in [2.24, 2.45) is 5.73 Å². The molecule has 210 valence electrons. The number of nitrogens with two attached hydrogens (primary N) is 1. The van der Waals surface area contributed by atoms with Crippen molar-refractivity contribution in [3.63, 3.8) is 0 Å². The molecule has 3 N–H and O–H groups in total.